The number of fused-ring (bicyclic) bond motifs is 1. The molecule has 4 rings (SSSR count). The predicted molar refractivity (Wildman–Crippen MR) is 125 cm³/mol. The van der Waals surface area contributed by atoms with Crippen LogP contribution >= 0.6 is 11.6 Å². The molecule has 0 saturated heterocycles. The molecule has 0 radical (unpaired) electrons. The molecule has 156 valence electrons. The first-order chi connectivity index (χ1) is 15.0. The third-order valence-electron chi connectivity index (χ3n) is 4.76. The van der Waals surface area contributed by atoms with Gasteiger partial charge in [0.1, 0.15) is 0 Å². The number of anilines is 1. The summed E-state index contributed by atoms with van der Waals surface area (Å²) in [6.07, 6.45) is 5.02. The number of nitrogens with two attached hydrogens (primary N) is 1. The lowest BCUT2D eigenvalue weighted by molar-refractivity contribution is 0.314. The molecule has 0 saturated carbocycles. The molecule has 0 fully saturated rings. The van der Waals surface area contributed by atoms with Gasteiger partial charge in [-0.3, -0.25) is 14.4 Å². The van der Waals surface area contributed by atoms with Gasteiger partial charge in [-0.15, -0.1) is 0 Å². The average molecular weight is 434 g/mol. The van der Waals surface area contributed by atoms with Crippen LogP contribution in [0, 0.1) is 0 Å². The lowest BCUT2D eigenvalue weighted by atomic mass is 10.0. The second-order valence-corrected chi connectivity index (χ2v) is 7.21. The number of hydrogen-bond donors (Lipinski definition) is 1. The third-order valence-corrected chi connectivity index (χ3v) is 5.01. The Kier molecular flexibility index (Phi) is 5.68. The van der Waals surface area contributed by atoms with E-state index in [0.29, 0.717) is 45.0 Å². The van der Waals surface area contributed by atoms with Gasteiger partial charge in [-0.2, -0.15) is 4.98 Å². The molecular weight excluding hydrogens is 414 g/mol. The Morgan fingerprint density at radius 3 is 2.71 bits per heavy atom. The van der Waals surface area contributed by atoms with Crippen LogP contribution in [0.4, 0.5) is 5.69 Å². The van der Waals surface area contributed by atoms with Crippen molar-refractivity contribution >= 4 is 34.4 Å². The molecule has 0 spiro atoms. The Balaban J connectivity index is 2.03. The lowest BCUT2D eigenvalue weighted by Crippen LogP contribution is -2.21. The number of rotatable bonds is 5. The SMILES string of the molecule is CCOc1ncc2cn(-c3ccc(N)c(C=NC)c3)c(=O)c(-c3ccc(Cl)cc3)c2n1. The van der Waals surface area contributed by atoms with Crippen molar-refractivity contribution in [1.29, 1.82) is 0 Å². The first kappa shape index (κ1) is 20.6. The summed E-state index contributed by atoms with van der Waals surface area (Å²) in [5.41, 5.74) is 9.39. The van der Waals surface area contributed by atoms with Crippen LogP contribution in [-0.4, -0.2) is 34.4 Å². The number of aliphatic imine (C=N–C) groups is 1. The summed E-state index contributed by atoms with van der Waals surface area (Å²) in [6, 6.07) is 12.6. The van der Waals surface area contributed by atoms with Crippen molar-refractivity contribution in [3.8, 4) is 22.8 Å². The van der Waals surface area contributed by atoms with E-state index in [2.05, 4.69) is 15.0 Å². The fourth-order valence-electron chi connectivity index (χ4n) is 3.32. The zero-order chi connectivity index (χ0) is 22.0. The summed E-state index contributed by atoms with van der Waals surface area (Å²) in [5.74, 6) is 0. The summed E-state index contributed by atoms with van der Waals surface area (Å²) in [4.78, 5) is 26.5. The molecule has 2 aromatic carbocycles. The first-order valence-corrected chi connectivity index (χ1v) is 10.0. The number of aromatic nitrogens is 3. The zero-order valence-corrected chi connectivity index (χ0v) is 17.8. The van der Waals surface area contributed by atoms with Crippen LogP contribution in [0.1, 0.15) is 12.5 Å². The van der Waals surface area contributed by atoms with Gasteiger partial charge < -0.3 is 10.5 Å². The maximum Gasteiger partial charge on any atom is 0.316 e. The fourth-order valence-corrected chi connectivity index (χ4v) is 3.45. The van der Waals surface area contributed by atoms with Gasteiger partial charge in [-0.1, -0.05) is 23.7 Å². The van der Waals surface area contributed by atoms with Crippen LogP contribution in [0.5, 0.6) is 6.01 Å². The predicted octanol–water partition coefficient (Wildman–Crippen LogP) is 4.13. The van der Waals surface area contributed by atoms with E-state index in [0.717, 1.165) is 5.56 Å². The average Bonchev–Trinajstić information content (AvgIpc) is 2.76. The number of hydrogen-bond acceptors (Lipinski definition) is 6. The van der Waals surface area contributed by atoms with E-state index in [1.807, 2.05) is 13.0 Å². The van der Waals surface area contributed by atoms with E-state index in [9.17, 15) is 4.79 Å². The van der Waals surface area contributed by atoms with Crippen LogP contribution in [0.2, 0.25) is 5.02 Å². The molecule has 7 nitrogen and oxygen atoms in total. The molecule has 0 amide bonds. The number of ether oxygens (including phenoxy) is 1. The van der Waals surface area contributed by atoms with E-state index in [1.54, 1.807) is 66.6 Å². The van der Waals surface area contributed by atoms with E-state index >= 15 is 0 Å². The summed E-state index contributed by atoms with van der Waals surface area (Å²) >= 11 is 6.06. The number of nitrogens with zero attached hydrogens (tertiary/aromatic N) is 4. The standard InChI is InChI=1S/C23H20ClN5O2/c1-3-31-23-27-12-16-13-29(18-8-9-19(25)15(10-18)11-26-2)22(30)20(21(16)28-23)14-4-6-17(24)7-5-14/h4-13H,3,25H2,1-2H3. The molecule has 0 atom stereocenters. The van der Waals surface area contributed by atoms with Gasteiger partial charge in [-0.05, 0) is 42.8 Å². The van der Waals surface area contributed by atoms with Crippen molar-refractivity contribution in [1.82, 2.24) is 14.5 Å². The van der Waals surface area contributed by atoms with Crippen molar-refractivity contribution in [2.24, 2.45) is 4.99 Å². The molecule has 8 heteroatoms. The van der Waals surface area contributed by atoms with Crippen molar-refractivity contribution in [2.45, 2.75) is 6.92 Å². The maximum absolute atomic E-state index is 13.7. The van der Waals surface area contributed by atoms with Crippen molar-refractivity contribution < 1.29 is 4.74 Å². The van der Waals surface area contributed by atoms with Crippen LogP contribution in [0.3, 0.4) is 0 Å². The number of halogens is 1. The highest BCUT2D eigenvalue weighted by Gasteiger charge is 2.16. The highest BCUT2D eigenvalue weighted by molar-refractivity contribution is 6.30. The molecule has 4 aromatic rings. The van der Waals surface area contributed by atoms with Gasteiger partial charge in [-0.25, -0.2) is 4.98 Å². The van der Waals surface area contributed by atoms with Gasteiger partial charge in [0.2, 0.25) is 0 Å². The molecule has 0 bridgehead atoms. The quantitative estimate of drug-likeness (QED) is 0.377. The van der Waals surface area contributed by atoms with E-state index in [4.69, 9.17) is 22.1 Å². The third kappa shape index (κ3) is 4.00. The molecule has 2 heterocycles. The Bertz CT molecular complexity index is 1350. The molecule has 0 aliphatic heterocycles. The molecule has 0 aliphatic rings. The minimum Gasteiger partial charge on any atom is -0.464 e. The Morgan fingerprint density at radius 1 is 1.23 bits per heavy atom. The number of benzene rings is 2. The van der Waals surface area contributed by atoms with E-state index in [-0.39, 0.29) is 11.6 Å². The minimum absolute atomic E-state index is 0.219. The van der Waals surface area contributed by atoms with Gasteiger partial charge in [0.05, 0.1) is 17.7 Å². The molecule has 31 heavy (non-hydrogen) atoms. The van der Waals surface area contributed by atoms with Crippen molar-refractivity contribution in [3.63, 3.8) is 0 Å². The van der Waals surface area contributed by atoms with Crippen molar-refractivity contribution in [3.05, 3.63) is 75.8 Å². The summed E-state index contributed by atoms with van der Waals surface area (Å²) < 4.78 is 7.01. The highest BCUT2D eigenvalue weighted by Crippen LogP contribution is 2.27. The minimum atomic E-state index is -0.236. The molecule has 0 aliphatic carbocycles. The Hall–Kier alpha value is -3.71. The van der Waals surface area contributed by atoms with Gasteiger partial charge in [0.25, 0.3) is 5.56 Å². The van der Waals surface area contributed by atoms with Gasteiger partial charge in [0, 0.05) is 53.0 Å². The van der Waals surface area contributed by atoms with Crippen LogP contribution in [0.25, 0.3) is 27.7 Å². The molecule has 0 unspecified atom stereocenters. The van der Waals surface area contributed by atoms with E-state index < -0.39 is 0 Å². The normalized spacial score (nSPS) is 11.3. The number of nitrogen functional groups attached to an aromatic ring is 1. The molecular formula is C23H20ClN5O2. The zero-order valence-electron chi connectivity index (χ0n) is 17.0. The smallest absolute Gasteiger partial charge is 0.316 e. The van der Waals surface area contributed by atoms with Crippen LogP contribution in [-0.2, 0) is 0 Å². The Morgan fingerprint density at radius 2 is 2.00 bits per heavy atom. The maximum atomic E-state index is 13.7. The van der Waals surface area contributed by atoms with Crippen LogP contribution in [0.15, 0.2) is 64.6 Å². The monoisotopic (exact) mass is 433 g/mol. The van der Waals surface area contributed by atoms with Gasteiger partial charge >= 0.3 is 6.01 Å². The lowest BCUT2D eigenvalue weighted by Gasteiger charge is -2.14. The summed E-state index contributed by atoms with van der Waals surface area (Å²) in [5, 5.41) is 1.27. The first-order valence-electron chi connectivity index (χ1n) is 9.65. The molecule has 2 N–H and O–H groups in total. The summed E-state index contributed by atoms with van der Waals surface area (Å²) in [7, 11) is 1.67. The summed E-state index contributed by atoms with van der Waals surface area (Å²) in [6.45, 7) is 2.27. The topological polar surface area (TPSA) is 95.4 Å². The fraction of sp³-hybridized carbons (Fsp3) is 0.130. The van der Waals surface area contributed by atoms with Crippen LogP contribution < -0.4 is 16.0 Å². The highest BCUT2D eigenvalue weighted by atomic mass is 35.5. The second kappa shape index (κ2) is 8.57. The van der Waals surface area contributed by atoms with Gasteiger partial charge in [0.15, 0.2) is 0 Å². The van der Waals surface area contributed by atoms with E-state index in [1.165, 1.54) is 0 Å². The second-order valence-electron chi connectivity index (χ2n) is 6.78. The Labute approximate surface area is 183 Å². The molecule has 2 aromatic heterocycles. The van der Waals surface area contributed by atoms with Crippen molar-refractivity contribution in [2.75, 3.05) is 19.4 Å². The largest absolute Gasteiger partial charge is 0.464 e. The number of pyridine rings is 1.